The maximum absolute atomic E-state index is 5.01. The molecule has 0 N–H and O–H groups in total. The zero-order valence-electron chi connectivity index (χ0n) is 4.60. The van der Waals surface area contributed by atoms with Crippen molar-refractivity contribution in [3.05, 3.63) is 6.10 Å². The molecule has 1 unspecified atom stereocenters. The van der Waals surface area contributed by atoms with Gasteiger partial charge >= 0.3 is 0 Å². The minimum Gasteiger partial charge on any atom is -0.303 e. The van der Waals surface area contributed by atoms with Crippen LogP contribution in [0.5, 0.6) is 0 Å². The van der Waals surface area contributed by atoms with E-state index >= 15 is 0 Å². The lowest BCUT2D eigenvalue weighted by Gasteiger charge is -1.88. The molecule has 0 aliphatic carbocycles. The van der Waals surface area contributed by atoms with Gasteiger partial charge < -0.3 is 4.74 Å². The smallest absolute Gasteiger partial charge is 0.271 e. The van der Waals surface area contributed by atoms with E-state index in [1.54, 1.807) is 0 Å². The molecule has 1 saturated heterocycles. The molecule has 0 saturated carbocycles. The van der Waals surface area contributed by atoms with Gasteiger partial charge in [0.25, 0.3) is 6.10 Å². The van der Waals surface area contributed by atoms with E-state index in [1.165, 1.54) is 0 Å². The van der Waals surface area contributed by atoms with Gasteiger partial charge in [0.2, 0.25) is 12.9 Å². The Morgan fingerprint density at radius 1 is 1.71 bits per heavy atom. The molecule has 0 spiro atoms. The number of hydrogen-bond acceptors (Lipinski definition) is 2. The molecule has 0 aromatic rings. The highest BCUT2D eigenvalue weighted by molar-refractivity contribution is 4.82. The summed E-state index contributed by atoms with van der Waals surface area (Å²) in [6.07, 6.45) is 1.19. The predicted octanol–water partition coefficient (Wildman–Crippen LogP) is 0.931. The van der Waals surface area contributed by atoms with Gasteiger partial charge in [0, 0.05) is 6.92 Å². The van der Waals surface area contributed by atoms with Gasteiger partial charge in [0.15, 0.2) is 0 Å². The molecular formula is C5H9O2+. The Kier molecular flexibility index (Phi) is 1.21. The lowest BCUT2D eigenvalue weighted by Crippen LogP contribution is -2.04. The van der Waals surface area contributed by atoms with Crippen LogP contribution in [0.4, 0.5) is 0 Å². The van der Waals surface area contributed by atoms with E-state index in [-0.39, 0.29) is 6.10 Å². The summed E-state index contributed by atoms with van der Waals surface area (Å²) >= 11 is 0. The van der Waals surface area contributed by atoms with E-state index < -0.39 is 0 Å². The Labute approximate surface area is 43.4 Å². The van der Waals surface area contributed by atoms with Crippen molar-refractivity contribution in [2.75, 3.05) is 6.79 Å². The average Bonchev–Trinajstić information content (AvgIpc) is 1.91. The Balaban J connectivity index is 2.33. The second kappa shape index (κ2) is 1.72. The molecule has 1 atom stereocenters. The highest BCUT2D eigenvalue weighted by Gasteiger charge is 2.32. The first-order valence-corrected chi connectivity index (χ1v) is 2.38. The molecule has 0 amide bonds. The summed E-state index contributed by atoms with van der Waals surface area (Å²) in [6.45, 7) is 4.34. The van der Waals surface area contributed by atoms with E-state index in [4.69, 9.17) is 9.47 Å². The van der Waals surface area contributed by atoms with Gasteiger partial charge in [0.1, 0.15) is 6.92 Å². The van der Waals surface area contributed by atoms with Crippen molar-refractivity contribution in [3.8, 4) is 0 Å². The molecule has 1 heterocycles. The Morgan fingerprint density at radius 2 is 2.43 bits per heavy atom. The second-order valence-electron chi connectivity index (χ2n) is 1.68. The van der Waals surface area contributed by atoms with Gasteiger partial charge in [-0.2, -0.15) is 4.74 Å². The molecule has 1 aliphatic rings. The first kappa shape index (κ1) is 4.94. The molecule has 0 aromatic carbocycles. The van der Waals surface area contributed by atoms with Crippen molar-refractivity contribution in [1.29, 1.82) is 0 Å². The monoisotopic (exact) mass is 101 g/mol. The summed E-state index contributed by atoms with van der Waals surface area (Å²) in [5.74, 6) is 0. The summed E-state index contributed by atoms with van der Waals surface area (Å²) in [5.41, 5.74) is 0. The van der Waals surface area contributed by atoms with E-state index in [9.17, 15) is 0 Å². The Bertz CT molecular complexity index is 55.1. The first-order valence-electron chi connectivity index (χ1n) is 2.38. The standard InChI is InChI=1S/C5H9O2/c1-4-5(2)7-3-6-4/h4H,3H2,1-2H3/q+1. The lowest BCUT2D eigenvalue weighted by molar-refractivity contribution is 0.0523. The van der Waals surface area contributed by atoms with Crippen molar-refractivity contribution >= 4 is 0 Å². The minimum atomic E-state index is 0.208. The SMILES string of the molecule is C[C+]1OCOC1C. The van der Waals surface area contributed by atoms with E-state index in [2.05, 4.69) is 0 Å². The van der Waals surface area contributed by atoms with E-state index in [1.807, 2.05) is 13.8 Å². The summed E-state index contributed by atoms with van der Waals surface area (Å²) in [5, 5.41) is 0. The quantitative estimate of drug-likeness (QED) is 0.422. The molecule has 0 aromatic heterocycles. The fraction of sp³-hybridized carbons (Fsp3) is 0.800. The topological polar surface area (TPSA) is 18.5 Å². The third kappa shape index (κ3) is 0.868. The van der Waals surface area contributed by atoms with E-state index in [0.717, 1.165) is 6.10 Å². The molecule has 0 radical (unpaired) electrons. The fourth-order valence-electron chi connectivity index (χ4n) is 0.464. The normalized spacial score (nSPS) is 31.7. The van der Waals surface area contributed by atoms with Crippen molar-refractivity contribution in [1.82, 2.24) is 0 Å². The van der Waals surface area contributed by atoms with Crippen LogP contribution in [0.3, 0.4) is 0 Å². The van der Waals surface area contributed by atoms with Crippen molar-refractivity contribution in [2.24, 2.45) is 0 Å². The van der Waals surface area contributed by atoms with Crippen LogP contribution in [0, 0.1) is 6.10 Å². The molecule has 0 bridgehead atoms. The molecular weight excluding hydrogens is 92.1 g/mol. The maximum Gasteiger partial charge on any atom is 0.271 e. The molecule has 1 fully saturated rings. The highest BCUT2D eigenvalue weighted by atomic mass is 16.7. The third-order valence-corrected chi connectivity index (χ3v) is 1.18. The number of rotatable bonds is 0. The van der Waals surface area contributed by atoms with Gasteiger partial charge in [-0.3, -0.25) is 0 Å². The van der Waals surface area contributed by atoms with Crippen LogP contribution >= 0.6 is 0 Å². The van der Waals surface area contributed by atoms with Gasteiger partial charge in [-0.1, -0.05) is 0 Å². The van der Waals surface area contributed by atoms with Crippen LogP contribution in [0.1, 0.15) is 13.8 Å². The van der Waals surface area contributed by atoms with Gasteiger partial charge in [-0.05, 0) is 0 Å². The van der Waals surface area contributed by atoms with Crippen molar-refractivity contribution in [2.45, 2.75) is 20.0 Å². The molecule has 2 nitrogen and oxygen atoms in total. The summed E-state index contributed by atoms with van der Waals surface area (Å²) in [7, 11) is 0. The Morgan fingerprint density at radius 3 is 2.57 bits per heavy atom. The van der Waals surface area contributed by atoms with Gasteiger partial charge in [0.05, 0.1) is 0 Å². The predicted molar refractivity (Wildman–Crippen MR) is 25.4 cm³/mol. The molecule has 1 rings (SSSR count). The second-order valence-corrected chi connectivity index (χ2v) is 1.68. The maximum atomic E-state index is 5.01. The van der Waals surface area contributed by atoms with Crippen LogP contribution in [0.15, 0.2) is 0 Å². The molecule has 7 heavy (non-hydrogen) atoms. The zero-order valence-corrected chi connectivity index (χ0v) is 4.60. The fourth-order valence-corrected chi connectivity index (χ4v) is 0.464. The van der Waals surface area contributed by atoms with Crippen molar-refractivity contribution < 1.29 is 9.47 Å². The van der Waals surface area contributed by atoms with Crippen molar-refractivity contribution in [3.63, 3.8) is 0 Å². The molecule has 1 aliphatic heterocycles. The lowest BCUT2D eigenvalue weighted by atomic mass is 10.3. The average molecular weight is 101 g/mol. The van der Waals surface area contributed by atoms with Crippen LogP contribution in [0.2, 0.25) is 0 Å². The highest BCUT2D eigenvalue weighted by Crippen LogP contribution is 2.17. The molecule has 40 valence electrons. The van der Waals surface area contributed by atoms with Gasteiger partial charge in [-0.25, -0.2) is 0 Å². The summed E-state index contributed by atoms with van der Waals surface area (Å²) < 4.78 is 9.97. The van der Waals surface area contributed by atoms with E-state index in [0.29, 0.717) is 6.79 Å². The molecule has 2 heteroatoms. The largest absolute Gasteiger partial charge is 0.303 e. The van der Waals surface area contributed by atoms with Crippen LogP contribution in [-0.2, 0) is 9.47 Å². The number of ether oxygens (including phenoxy) is 2. The third-order valence-electron chi connectivity index (χ3n) is 1.18. The Hall–Kier alpha value is -0.210. The van der Waals surface area contributed by atoms with Crippen LogP contribution < -0.4 is 0 Å². The summed E-state index contributed by atoms with van der Waals surface area (Å²) in [4.78, 5) is 0. The zero-order chi connectivity index (χ0) is 5.28. The first-order chi connectivity index (χ1) is 3.30. The number of hydrogen-bond donors (Lipinski definition) is 0. The van der Waals surface area contributed by atoms with Crippen LogP contribution in [-0.4, -0.2) is 12.9 Å². The summed E-state index contributed by atoms with van der Waals surface area (Å²) in [6, 6.07) is 0. The van der Waals surface area contributed by atoms with Gasteiger partial charge in [-0.15, -0.1) is 0 Å². The van der Waals surface area contributed by atoms with Crippen LogP contribution in [0.25, 0.3) is 0 Å². The minimum absolute atomic E-state index is 0.208.